The minimum absolute atomic E-state index is 0.0826. The Hall–Kier alpha value is -2.39. The molecule has 2 N–H and O–H groups in total. The number of halogens is 2. The Kier molecular flexibility index (Phi) is 6.10. The van der Waals surface area contributed by atoms with Gasteiger partial charge in [0.05, 0.1) is 59.4 Å². The maximum absolute atomic E-state index is 10.7. The monoisotopic (exact) mass is 450 g/mol. The molecular weight excluding hydrogens is 431 g/mol. The lowest BCUT2D eigenvalue weighted by atomic mass is 10.1. The molecule has 0 bridgehead atoms. The summed E-state index contributed by atoms with van der Waals surface area (Å²) in [6.07, 6.45) is 5.05. The number of rotatable bonds is 7. The number of benzene rings is 1. The number of carbonyl (C=O) groups is 1. The Balaban J connectivity index is 1.72. The number of anilines is 1. The number of imidazole rings is 1. The molecule has 0 amide bonds. The normalized spacial score (nSPS) is 19.0. The predicted molar refractivity (Wildman–Crippen MR) is 114 cm³/mol. The van der Waals surface area contributed by atoms with Crippen molar-refractivity contribution in [1.82, 2.24) is 14.5 Å². The highest BCUT2D eigenvalue weighted by atomic mass is 35.5. The molecule has 8 nitrogen and oxygen atoms in total. The molecule has 0 spiro atoms. The van der Waals surface area contributed by atoms with Crippen LogP contribution in [0.2, 0.25) is 10.0 Å². The number of nitrogens with zero attached hydrogens (tertiary/aromatic N) is 4. The number of ether oxygens (including phenoxy) is 1. The fourth-order valence-corrected chi connectivity index (χ4v) is 4.01. The van der Waals surface area contributed by atoms with E-state index in [0.717, 1.165) is 11.1 Å². The number of aliphatic hydroxyl groups excluding tert-OH is 1. The maximum Gasteiger partial charge on any atom is 0.305 e. The first-order chi connectivity index (χ1) is 14.5. The maximum atomic E-state index is 10.7. The zero-order valence-corrected chi connectivity index (χ0v) is 17.4. The van der Waals surface area contributed by atoms with E-state index < -0.39 is 12.1 Å². The molecule has 30 heavy (non-hydrogen) atoms. The summed E-state index contributed by atoms with van der Waals surface area (Å²) in [4.78, 5) is 21.5. The molecule has 0 saturated carbocycles. The topological polar surface area (TPSA) is 101 Å². The molecule has 1 aliphatic rings. The van der Waals surface area contributed by atoms with Gasteiger partial charge in [-0.05, 0) is 18.6 Å². The summed E-state index contributed by atoms with van der Waals surface area (Å²) >= 11 is 12.7. The van der Waals surface area contributed by atoms with E-state index in [1.165, 1.54) is 0 Å². The fourth-order valence-electron chi connectivity index (χ4n) is 3.65. The average molecular weight is 451 g/mol. The van der Waals surface area contributed by atoms with Gasteiger partial charge in [0.15, 0.2) is 0 Å². The second kappa shape index (κ2) is 8.77. The van der Waals surface area contributed by atoms with Crippen molar-refractivity contribution in [3.8, 4) is 5.69 Å². The molecule has 158 valence electrons. The molecule has 1 aromatic carbocycles. The molecule has 0 radical (unpaired) electrons. The van der Waals surface area contributed by atoms with Crippen LogP contribution in [0.1, 0.15) is 12.8 Å². The third-order valence-corrected chi connectivity index (χ3v) is 5.97. The molecule has 3 heterocycles. The van der Waals surface area contributed by atoms with Crippen LogP contribution in [0, 0.1) is 0 Å². The molecular formula is C20H20Cl2N4O4. The van der Waals surface area contributed by atoms with Crippen LogP contribution in [-0.2, 0) is 9.53 Å². The van der Waals surface area contributed by atoms with Crippen LogP contribution in [-0.4, -0.2) is 62.6 Å². The molecule has 1 saturated heterocycles. The molecule has 10 heteroatoms. The Bertz CT molecular complexity index is 1060. The molecule has 0 unspecified atom stereocenters. The van der Waals surface area contributed by atoms with Crippen molar-refractivity contribution < 1.29 is 19.7 Å². The van der Waals surface area contributed by atoms with Crippen molar-refractivity contribution in [2.75, 3.05) is 24.7 Å². The van der Waals surface area contributed by atoms with Crippen LogP contribution in [0.3, 0.4) is 0 Å². The Morgan fingerprint density at radius 1 is 1.33 bits per heavy atom. The first-order valence-corrected chi connectivity index (χ1v) is 10.2. The lowest BCUT2D eigenvalue weighted by Crippen LogP contribution is -2.39. The van der Waals surface area contributed by atoms with Crippen LogP contribution < -0.4 is 4.90 Å². The van der Waals surface area contributed by atoms with Crippen molar-refractivity contribution in [2.24, 2.45) is 0 Å². The fraction of sp³-hybridized carbons (Fsp3) is 0.350. The van der Waals surface area contributed by atoms with Crippen LogP contribution in [0.4, 0.5) is 5.82 Å². The highest BCUT2D eigenvalue weighted by Gasteiger charge is 2.34. The van der Waals surface area contributed by atoms with E-state index in [9.17, 15) is 9.90 Å². The Morgan fingerprint density at radius 2 is 2.17 bits per heavy atom. The van der Waals surface area contributed by atoms with Crippen molar-refractivity contribution in [2.45, 2.75) is 25.0 Å². The average Bonchev–Trinajstić information content (AvgIpc) is 3.38. The molecule has 1 fully saturated rings. The van der Waals surface area contributed by atoms with Crippen LogP contribution in [0.25, 0.3) is 16.6 Å². The summed E-state index contributed by atoms with van der Waals surface area (Å²) in [7, 11) is 0. The van der Waals surface area contributed by atoms with Gasteiger partial charge in [-0.3, -0.25) is 4.79 Å². The van der Waals surface area contributed by atoms with Gasteiger partial charge in [0.1, 0.15) is 5.82 Å². The summed E-state index contributed by atoms with van der Waals surface area (Å²) in [5.41, 5.74) is 1.38. The lowest BCUT2D eigenvalue weighted by Gasteiger charge is -2.28. The quantitative estimate of drug-likeness (QED) is 0.533. The van der Waals surface area contributed by atoms with Crippen molar-refractivity contribution >= 4 is 45.9 Å². The Labute approximate surface area is 182 Å². The largest absolute Gasteiger partial charge is 0.481 e. The summed E-state index contributed by atoms with van der Waals surface area (Å²) in [5.74, 6) is -0.301. The molecule has 4 rings (SSSR count). The lowest BCUT2D eigenvalue weighted by molar-refractivity contribution is -0.138. The smallest absolute Gasteiger partial charge is 0.305 e. The minimum Gasteiger partial charge on any atom is -0.481 e. The number of aromatic nitrogens is 3. The van der Waals surface area contributed by atoms with Crippen LogP contribution in [0.5, 0.6) is 0 Å². The van der Waals surface area contributed by atoms with E-state index in [1.54, 1.807) is 18.6 Å². The molecule has 3 aromatic rings. The summed E-state index contributed by atoms with van der Waals surface area (Å²) < 4.78 is 7.37. The van der Waals surface area contributed by atoms with Crippen molar-refractivity contribution in [1.29, 1.82) is 0 Å². The third-order valence-electron chi connectivity index (χ3n) is 5.17. The van der Waals surface area contributed by atoms with Crippen LogP contribution in [0.15, 0.2) is 36.9 Å². The van der Waals surface area contributed by atoms with Gasteiger partial charge >= 0.3 is 5.97 Å². The van der Waals surface area contributed by atoms with E-state index in [2.05, 4.69) is 4.98 Å². The second-order valence-corrected chi connectivity index (χ2v) is 7.85. The van der Waals surface area contributed by atoms with Crippen molar-refractivity contribution in [3.05, 3.63) is 47.0 Å². The van der Waals surface area contributed by atoms with Gasteiger partial charge in [0.25, 0.3) is 0 Å². The number of pyridine rings is 1. The van der Waals surface area contributed by atoms with Gasteiger partial charge in [-0.25, -0.2) is 9.97 Å². The molecule has 2 atom stereocenters. The van der Waals surface area contributed by atoms with Gasteiger partial charge in [0.2, 0.25) is 0 Å². The zero-order valence-electron chi connectivity index (χ0n) is 15.9. The summed E-state index contributed by atoms with van der Waals surface area (Å²) in [6, 6.07) is 5.15. The van der Waals surface area contributed by atoms with E-state index in [-0.39, 0.29) is 25.7 Å². The van der Waals surface area contributed by atoms with Gasteiger partial charge in [-0.2, -0.15) is 0 Å². The zero-order chi connectivity index (χ0) is 21.3. The van der Waals surface area contributed by atoms with Gasteiger partial charge in [0, 0.05) is 30.4 Å². The second-order valence-electron chi connectivity index (χ2n) is 7.06. The summed E-state index contributed by atoms with van der Waals surface area (Å²) in [6.45, 7) is 0.852. The number of hydrogen-bond acceptors (Lipinski definition) is 6. The van der Waals surface area contributed by atoms with Gasteiger partial charge in [-0.15, -0.1) is 0 Å². The third kappa shape index (κ3) is 4.09. The number of hydrogen-bond donors (Lipinski definition) is 2. The van der Waals surface area contributed by atoms with E-state index >= 15 is 0 Å². The summed E-state index contributed by atoms with van der Waals surface area (Å²) in [5, 5.41) is 20.8. The Morgan fingerprint density at radius 3 is 2.90 bits per heavy atom. The van der Waals surface area contributed by atoms with Crippen molar-refractivity contribution in [3.63, 3.8) is 0 Å². The number of fused-ring (bicyclic) bond motifs is 1. The highest BCUT2D eigenvalue weighted by molar-refractivity contribution is 6.45. The standard InChI is InChI=1S/C20H20Cl2N4O4/c21-13-2-1-12-14(25-7-5-23-11-25)9-17(24-20(12)19(13)22)26-6-3-16(27)15(26)10-30-8-4-18(28)29/h1-2,5,7,9,11,15-16,27H,3-4,6,8,10H2,(H,28,29)/t15-,16+/m1/s1. The van der Waals surface area contributed by atoms with E-state index in [0.29, 0.717) is 34.3 Å². The number of carboxylic acid groups (broad SMARTS) is 1. The molecule has 1 aliphatic heterocycles. The number of carboxylic acids is 1. The van der Waals surface area contributed by atoms with E-state index in [4.69, 9.17) is 38.0 Å². The van der Waals surface area contributed by atoms with E-state index in [1.807, 2.05) is 27.8 Å². The SMILES string of the molecule is O=C(O)CCOC[C@@H]1[C@@H](O)CCN1c1cc(-n2ccnc2)c2ccc(Cl)c(Cl)c2n1. The first kappa shape index (κ1) is 20.9. The van der Waals surface area contributed by atoms with Gasteiger partial charge < -0.3 is 24.4 Å². The first-order valence-electron chi connectivity index (χ1n) is 9.47. The van der Waals surface area contributed by atoms with Crippen LogP contribution >= 0.6 is 23.2 Å². The number of aliphatic hydroxyl groups is 1. The van der Waals surface area contributed by atoms with Gasteiger partial charge in [-0.1, -0.05) is 23.2 Å². The highest BCUT2D eigenvalue weighted by Crippen LogP contribution is 2.36. The molecule has 2 aromatic heterocycles. The minimum atomic E-state index is -0.925. The predicted octanol–water partition coefficient (Wildman–Crippen LogP) is 3.16. The number of aliphatic carboxylic acids is 1. The molecule has 0 aliphatic carbocycles.